The first kappa shape index (κ1) is 26.3. The van der Waals surface area contributed by atoms with Gasteiger partial charge < -0.3 is 20.4 Å². The third-order valence-corrected chi connectivity index (χ3v) is 4.76. The van der Waals surface area contributed by atoms with Gasteiger partial charge in [0.25, 0.3) is 0 Å². The highest BCUT2D eigenvalue weighted by molar-refractivity contribution is 5.92. The lowest BCUT2D eigenvalue weighted by atomic mass is 10.0. The number of unbranched alkanes of at least 4 members (excludes halogenated alkanes) is 9. The van der Waals surface area contributed by atoms with Crippen molar-refractivity contribution in [2.24, 2.45) is 5.92 Å². The van der Waals surface area contributed by atoms with E-state index < -0.39 is 36.4 Å². The molecule has 0 saturated carbocycles. The first-order chi connectivity index (χ1) is 13.3. The highest BCUT2D eigenvalue weighted by Crippen LogP contribution is 2.12. The second-order valence-electron chi connectivity index (χ2n) is 7.43. The van der Waals surface area contributed by atoms with Crippen LogP contribution in [0.3, 0.4) is 0 Å². The van der Waals surface area contributed by atoms with Crippen molar-refractivity contribution in [3.8, 4) is 0 Å². The number of aliphatic hydroxyl groups is 1. The van der Waals surface area contributed by atoms with Crippen molar-refractivity contribution < 1.29 is 34.8 Å². The summed E-state index contributed by atoms with van der Waals surface area (Å²) in [5, 5.41) is 36.8. The van der Waals surface area contributed by atoms with Gasteiger partial charge in [0.2, 0.25) is 0 Å². The van der Waals surface area contributed by atoms with Gasteiger partial charge in [-0.3, -0.25) is 19.3 Å². The molecule has 0 amide bonds. The molecule has 1 atom stereocenters. The molecule has 8 nitrogen and oxygen atoms in total. The largest absolute Gasteiger partial charge is 0.481 e. The quantitative estimate of drug-likeness (QED) is 0.191. The zero-order valence-corrected chi connectivity index (χ0v) is 17.0. The Morgan fingerprint density at radius 1 is 0.786 bits per heavy atom. The van der Waals surface area contributed by atoms with Crippen LogP contribution in [0.15, 0.2) is 0 Å². The number of hydrogen-bond acceptors (Lipinski definition) is 5. The average Bonchev–Trinajstić information content (AvgIpc) is 2.60. The van der Waals surface area contributed by atoms with Crippen LogP contribution in [0, 0.1) is 5.92 Å². The van der Waals surface area contributed by atoms with Crippen LogP contribution in [0.25, 0.3) is 0 Å². The molecule has 0 fully saturated rings. The fourth-order valence-corrected chi connectivity index (χ4v) is 3.20. The highest BCUT2D eigenvalue weighted by atomic mass is 16.4. The Morgan fingerprint density at radius 3 is 1.68 bits per heavy atom. The molecule has 28 heavy (non-hydrogen) atoms. The van der Waals surface area contributed by atoms with Gasteiger partial charge in [0.05, 0.1) is 12.6 Å². The number of nitrogens with zero attached hydrogens (tertiary/aromatic N) is 1. The maximum absolute atomic E-state index is 11.0. The number of carboxylic acid groups (broad SMARTS) is 3. The summed E-state index contributed by atoms with van der Waals surface area (Å²) in [4.78, 5) is 34.4. The van der Waals surface area contributed by atoms with E-state index >= 15 is 0 Å². The number of aliphatic hydroxyl groups excluding tert-OH is 1. The van der Waals surface area contributed by atoms with Gasteiger partial charge in [0.15, 0.2) is 5.92 Å². The lowest BCUT2D eigenvalue weighted by molar-refractivity contribution is -0.156. The molecule has 8 heteroatoms. The lowest BCUT2D eigenvalue weighted by Gasteiger charge is -2.24. The molecule has 0 radical (unpaired) electrons. The number of rotatable bonds is 19. The van der Waals surface area contributed by atoms with E-state index in [0.29, 0.717) is 6.54 Å². The van der Waals surface area contributed by atoms with Gasteiger partial charge >= 0.3 is 17.9 Å². The number of carboxylic acids is 3. The van der Waals surface area contributed by atoms with Crippen LogP contribution >= 0.6 is 0 Å². The maximum Gasteiger partial charge on any atom is 0.317 e. The Labute approximate surface area is 167 Å². The van der Waals surface area contributed by atoms with Crippen LogP contribution in [0.2, 0.25) is 0 Å². The molecule has 0 aliphatic rings. The molecule has 1 unspecified atom stereocenters. The molecule has 0 aromatic rings. The number of hydrogen-bond donors (Lipinski definition) is 4. The summed E-state index contributed by atoms with van der Waals surface area (Å²) >= 11 is 0. The van der Waals surface area contributed by atoms with Crippen LogP contribution in [0.1, 0.15) is 77.6 Å². The molecule has 0 rings (SSSR count). The SMILES string of the molecule is CCCCCCCCCCCCN(CC(=O)O)CC(O)CC(C(=O)O)C(=O)O. The van der Waals surface area contributed by atoms with Crippen molar-refractivity contribution in [1.82, 2.24) is 4.90 Å². The Morgan fingerprint density at radius 2 is 1.25 bits per heavy atom. The van der Waals surface area contributed by atoms with E-state index in [2.05, 4.69) is 6.92 Å². The fraction of sp³-hybridized carbons (Fsp3) is 0.850. The molecular formula is C20H37NO7. The van der Waals surface area contributed by atoms with E-state index in [1.54, 1.807) is 4.90 Å². The summed E-state index contributed by atoms with van der Waals surface area (Å²) in [6, 6.07) is 0. The zero-order valence-electron chi connectivity index (χ0n) is 17.0. The standard InChI is InChI=1S/C20H37NO7/c1-2-3-4-5-6-7-8-9-10-11-12-21(15-18(23)24)14-16(22)13-17(19(25)26)20(27)28/h16-17,22H,2-15H2,1H3,(H,23,24)(H,25,26)(H,27,28). The van der Waals surface area contributed by atoms with Crippen LogP contribution in [0.5, 0.6) is 0 Å². The third-order valence-electron chi connectivity index (χ3n) is 4.76. The van der Waals surface area contributed by atoms with Crippen LogP contribution < -0.4 is 0 Å². The topological polar surface area (TPSA) is 135 Å². The van der Waals surface area contributed by atoms with E-state index in [4.69, 9.17) is 15.3 Å². The molecule has 0 heterocycles. The van der Waals surface area contributed by atoms with Crippen molar-refractivity contribution in [1.29, 1.82) is 0 Å². The molecule has 0 aliphatic carbocycles. The maximum atomic E-state index is 11.0. The first-order valence-corrected chi connectivity index (χ1v) is 10.4. The van der Waals surface area contributed by atoms with Gasteiger partial charge in [-0.2, -0.15) is 0 Å². The summed E-state index contributed by atoms with van der Waals surface area (Å²) in [6.07, 6.45) is 9.94. The van der Waals surface area contributed by atoms with Gasteiger partial charge in [0.1, 0.15) is 0 Å². The molecule has 0 bridgehead atoms. The van der Waals surface area contributed by atoms with Gasteiger partial charge in [0, 0.05) is 6.54 Å². The van der Waals surface area contributed by atoms with Crippen LogP contribution in [-0.2, 0) is 14.4 Å². The normalized spacial score (nSPS) is 12.4. The van der Waals surface area contributed by atoms with Crippen LogP contribution in [-0.4, -0.2) is 69.0 Å². The minimum atomic E-state index is -1.70. The Bertz CT molecular complexity index is 442. The fourth-order valence-electron chi connectivity index (χ4n) is 3.20. The van der Waals surface area contributed by atoms with Crippen molar-refractivity contribution >= 4 is 17.9 Å². The Hall–Kier alpha value is -1.67. The molecule has 4 N–H and O–H groups in total. The minimum absolute atomic E-state index is 0.0548. The Kier molecular flexibility index (Phi) is 15.3. The Balaban J connectivity index is 4.12. The van der Waals surface area contributed by atoms with E-state index in [1.807, 2.05) is 0 Å². The second-order valence-corrected chi connectivity index (χ2v) is 7.43. The van der Waals surface area contributed by atoms with Gasteiger partial charge in [-0.25, -0.2) is 0 Å². The summed E-state index contributed by atoms with van der Waals surface area (Å²) in [7, 11) is 0. The van der Waals surface area contributed by atoms with Gasteiger partial charge in [-0.15, -0.1) is 0 Å². The number of carbonyl (C=O) groups is 3. The first-order valence-electron chi connectivity index (χ1n) is 10.4. The minimum Gasteiger partial charge on any atom is -0.481 e. The zero-order chi connectivity index (χ0) is 21.4. The van der Waals surface area contributed by atoms with Crippen molar-refractivity contribution in [2.45, 2.75) is 83.7 Å². The summed E-state index contributed by atoms with van der Waals surface area (Å²) in [5.74, 6) is -5.75. The summed E-state index contributed by atoms with van der Waals surface area (Å²) in [6.45, 7) is 2.36. The van der Waals surface area contributed by atoms with E-state index in [9.17, 15) is 19.5 Å². The van der Waals surface area contributed by atoms with Crippen LogP contribution in [0.4, 0.5) is 0 Å². The molecule has 0 aliphatic heterocycles. The molecular weight excluding hydrogens is 366 g/mol. The second kappa shape index (κ2) is 16.3. The highest BCUT2D eigenvalue weighted by Gasteiger charge is 2.29. The third kappa shape index (κ3) is 14.4. The summed E-state index contributed by atoms with van der Waals surface area (Å²) < 4.78 is 0. The monoisotopic (exact) mass is 403 g/mol. The molecule has 0 aromatic carbocycles. The molecule has 164 valence electrons. The van der Waals surface area contributed by atoms with Crippen molar-refractivity contribution in [3.05, 3.63) is 0 Å². The average molecular weight is 404 g/mol. The predicted molar refractivity (Wildman–Crippen MR) is 105 cm³/mol. The van der Waals surface area contributed by atoms with Gasteiger partial charge in [-0.1, -0.05) is 64.7 Å². The van der Waals surface area contributed by atoms with E-state index in [-0.39, 0.29) is 13.1 Å². The summed E-state index contributed by atoms with van der Waals surface area (Å²) in [5.41, 5.74) is 0. The van der Waals surface area contributed by atoms with E-state index in [0.717, 1.165) is 25.7 Å². The molecule has 0 saturated heterocycles. The van der Waals surface area contributed by atoms with Crippen molar-refractivity contribution in [2.75, 3.05) is 19.6 Å². The van der Waals surface area contributed by atoms with Gasteiger partial charge in [-0.05, 0) is 19.4 Å². The predicted octanol–water partition coefficient (Wildman–Crippen LogP) is 2.83. The molecule has 0 aromatic heterocycles. The smallest absolute Gasteiger partial charge is 0.317 e. The van der Waals surface area contributed by atoms with E-state index in [1.165, 1.54) is 38.5 Å². The van der Waals surface area contributed by atoms with Crippen molar-refractivity contribution in [3.63, 3.8) is 0 Å². The number of aliphatic carboxylic acids is 3. The molecule has 0 spiro atoms. The lowest BCUT2D eigenvalue weighted by Crippen LogP contribution is -2.39.